The number of benzene rings is 1. The van der Waals surface area contributed by atoms with E-state index < -0.39 is 11.7 Å². The fourth-order valence-electron chi connectivity index (χ4n) is 2.76. The molecule has 18 heavy (non-hydrogen) atoms. The van der Waals surface area contributed by atoms with Gasteiger partial charge in [0, 0.05) is 25.5 Å². The van der Waals surface area contributed by atoms with Crippen LogP contribution in [0.4, 0.5) is 0 Å². The maximum absolute atomic E-state index is 10.2. The minimum Gasteiger partial charge on any atom is -0.487 e. The summed E-state index contributed by atoms with van der Waals surface area (Å²) in [6.45, 7) is 6.11. The Bertz CT molecular complexity index is 428. The molecule has 1 aliphatic heterocycles. The maximum atomic E-state index is 10.2. The SMILES string of the molecule is COC(C)(C)CC1(C)C[C@H](O)c2ccccc2O1. The molecule has 0 saturated carbocycles. The molecular weight excluding hydrogens is 228 g/mol. The summed E-state index contributed by atoms with van der Waals surface area (Å²) in [4.78, 5) is 0. The predicted molar refractivity (Wildman–Crippen MR) is 70.8 cm³/mol. The third-order valence-corrected chi connectivity index (χ3v) is 3.61. The zero-order valence-electron chi connectivity index (χ0n) is 11.6. The lowest BCUT2D eigenvalue weighted by Crippen LogP contribution is -2.44. The molecule has 2 atom stereocenters. The average molecular weight is 250 g/mol. The normalized spacial score (nSPS) is 27.5. The summed E-state index contributed by atoms with van der Waals surface area (Å²) >= 11 is 0. The number of aliphatic hydroxyl groups is 1. The van der Waals surface area contributed by atoms with Gasteiger partial charge in [0.1, 0.15) is 11.4 Å². The molecule has 1 unspecified atom stereocenters. The topological polar surface area (TPSA) is 38.7 Å². The van der Waals surface area contributed by atoms with E-state index in [-0.39, 0.29) is 5.60 Å². The molecule has 0 radical (unpaired) electrons. The first-order chi connectivity index (χ1) is 8.35. The lowest BCUT2D eigenvalue weighted by molar-refractivity contribution is -0.0746. The van der Waals surface area contributed by atoms with Gasteiger partial charge < -0.3 is 14.6 Å². The smallest absolute Gasteiger partial charge is 0.125 e. The Kier molecular flexibility index (Phi) is 3.39. The van der Waals surface area contributed by atoms with Crippen LogP contribution in [0.3, 0.4) is 0 Å². The van der Waals surface area contributed by atoms with Crippen LogP contribution < -0.4 is 4.74 Å². The molecule has 1 aromatic rings. The molecule has 1 aliphatic rings. The molecule has 3 heteroatoms. The molecule has 3 nitrogen and oxygen atoms in total. The molecule has 0 saturated heterocycles. The Morgan fingerprint density at radius 2 is 2.11 bits per heavy atom. The number of para-hydroxylation sites is 1. The van der Waals surface area contributed by atoms with E-state index >= 15 is 0 Å². The van der Waals surface area contributed by atoms with Crippen molar-refractivity contribution in [3.8, 4) is 5.75 Å². The highest BCUT2D eigenvalue weighted by atomic mass is 16.5. The van der Waals surface area contributed by atoms with Crippen LogP contribution in [0.5, 0.6) is 5.75 Å². The van der Waals surface area contributed by atoms with Crippen molar-refractivity contribution in [1.29, 1.82) is 0 Å². The quantitative estimate of drug-likeness (QED) is 0.896. The van der Waals surface area contributed by atoms with Crippen LogP contribution in [-0.4, -0.2) is 23.4 Å². The first kappa shape index (κ1) is 13.4. The molecule has 0 amide bonds. The number of hydrogen-bond acceptors (Lipinski definition) is 3. The third-order valence-electron chi connectivity index (χ3n) is 3.61. The van der Waals surface area contributed by atoms with Crippen LogP contribution in [-0.2, 0) is 4.74 Å². The van der Waals surface area contributed by atoms with Crippen LogP contribution >= 0.6 is 0 Å². The molecule has 100 valence electrons. The van der Waals surface area contributed by atoms with E-state index in [1.54, 1.807) is 7.11 Å². The number of ether oxygens (including phenoxy) is 2. The van der Waals surface area contributed by atoms with Crippen LogP contribution in [0.1, 0.15) is 45.3 Å². The maximum Gasteiger partial charge on any atom is 0.125 e. The molecule has 1 aromatic carbocycles. The number of fused-ring (bicyclic) bond motifs is 1. The molecule has 0 aliphatic carbocycles. The second-order valence-electron chi connectivity index (χ2n) is 5.95. The zero-order chi connectivity index (χ0) is 13.4. The van der Waals surface area contributed by atoms with Crippen molar-refractivity contribution < 1.29 is 14.6 Å². The van der Waals surface area contributed by atoms with Crippen LogP contribution in [0.25, 0.3) is 0 Å². The molecule has 0 bridgehead atoms. The summed E-state index contributed by atoms with van der Waals surface area (Å²) in [5.41, 5.74) is 0.221. The Labute approximate surface area is 109 Å². The van der Waals surface area contributed by atoms with Gasteiger partial charge in [0.25, 0.3) is 0 Å². The van der Waals surface area contributed by atoms with Gasteiger partial charge >= 0.3 is 0 Å². The average Bonchev–Trinajstić information content (AvgIpc) is 2.27. The second-order valence-corrected chi connectivity index (χ2v) is 5.95. The molecule has 1 heterocycles. The van der Waals surface area contributed by atoms with E-state index in [9.17, 15) is 5.11 Å². The summed E-state index contributed by atoms with van der Waals surface area (Å²) in [5, 5.41) is 10.2. The van der Waals surface area contributed by atoms with Gasteiger partial charge in [-0.25, -0.2) is 0 Å². The van der Waals surface area contributed by atoms with Crippen molar-refractivity contribution in [2.24, 2.45) is 0 Å². The Morgan fingerprint density at radius 3 is 2.78 bits per heavy atom. The van der Waals surface area contributed by atoms with E-state index in [4.69, 9.17) is 9.47 Å². The van der Waals surface area contributed by atoms with Crippen LogP contribution in [0.2, 0.25) is 0 Å². The van der Waals surface area contributed by atoms with Crippen LogP contribution in [0, 0.1) is 0 Å². The number of hydrogen-bond donors (Lipinski definition) is 1. The van der Waals surface area contributed by atoms with Crippen molar-refractivity contribution in [3.05, 3.63) is 29.8 Å². The van der Waals surface area contributed by atoms with Crippen molar-refractivity contribution in [2.75, 3.05) is 7.11 Å². The molecule has 0 fully saturated rings. The van der Waals surface area contributed by atoms with E-state index in [2.05, 4.69) is 0 Å². The van der Waals surface area contributed by atoms with Gasteiger partial charge in [-0.3, -0.25) is 0 Å². The van der Waals surface area contributed by atoms with E-state index in [0.29, 0.717) is 6.42 Å². The number of methoxy groups -OCH3 is 1. The second kappa shape index (κ2) is 4.56. The summed E-state index contributed by atoms with van der Waals surface area (Å²) in [5.74, 6) is 0.783. The first-order valence-electron chi connectivity index (χ1n) is 6.36. The summed E-state index contributed by atoms with van der Waals surface area (Å²) in [6.07, 6.45) is 0.867. The zero-order valence-corrected chi connectivity index (χ0v) is 11.6. The minimum absolute atomic E-state index is 0.263. The van der Waals surface area contributed by atoms with Gasteiger partial charge in [0.05, 0.1) is 11.7 Å². The lowest BCUT2D eigenvalue weighted by atomic mass is 9.82. The van der Waals surface area contributed by atoms with Gasteiger partial charge in [-0.05, 0) is 26.8 Å². The molecule has 2 rings (SSSR count). The molecule has 0 spiro atoms. The van der Waals surface area contributed by atoms with Gasteiger partial charge in [-0.2, -0.15) is 0 Å². The Morgan fingerprint density at radius 1 is 1.44 bits per heavy atom. The summed E-state index contributed by atoms with van der Waals surface area (Å²) < 4.78 is 11.6. The van der Waals surface area contributed by atoms with Crippen molar-refractivity contribution in [2.45, 2.75) is 50.9 Å². The number of rotatable bonds is 3. The van der Waals surface area contributed by atoms with E-state index in [1.165, 1.54) is 0 Å². The molecular formula is C15H22O3. The Balaban J connectivity index is 2.24. The third kappa shape index (κ3) is 2.68. The Hall–Kier alpha value is -1.06. The highest BCUT2D eigenvalue weighted by molar-refractivity contribution is 5.37. The largest absolute Gasteiger partial charge is 0.487 e. The van der Waals surface area contributed by atoms with Crippen molar-refractivity contribution in [3.63, 3.8) is 0 Å². The lowest BCUT2D eigenvalue weighted by Gasteiger charge is -2.42. The van der Waals surface area contributed by atoms with Gasteiger partial charge in [0.15, 0.2) is 0 Å². The predicted octanol–water partition coefficient (Wildman–Crippen LogP) is 3.08. The van der Waals surface area contributed by atoms with Gasteiger partial charge in [-0.1, -0.05) is 18.2 Å². The summed E-state index contributed by atoms with van der Waals surface area (Å²) in [6, 6.07) is 7.68. The number of aliphatic hydroxyl groups excluding tert-OH is 1. The molecule has 1 N–H and O–H groups in total. The highest BCUT2D eigenvalue weighted by Gasteiger charge is 2.40. The first-order valence-corrected chi connectivity index (χ1v) is 6.36. The highest BCUT2D eigenvalue weighted by Crippen LogP contribution is 2.42. The van der Waals surface area contributed by atoms with E-state index in [1.807, 2.05) is 45.0 Å². The van der Waals surface area contributed by atoms with Crippen LogP contribution in [0.15, 0.2) is 24.3 Å². The van der Waals surface area contributed by atoms with Gasteiger partial charge in [-0.15, -0.1) is 0 Å². The van der Waals surface area contributed by atoms with Crippen molar-refractivity contribution >= 4 is 0 Å². The molecule has 0 aromatic heterocycles. The van der Waals surface area contributed by atoms with Gasteiger partial charge in [0.2, 0.25) is 0 Å². The fourth-order valence-corrected chi connectivity index (χ4v) is 2.76. The monoisotopic (exact) mass is 250 g/mol. The van der Waals surface area contributed by atoms with Crippen molar-refractivity contribution in [1.82, 2.24) is 0 Å². The minimum atomic E-state index is -0.465. The fraction of sp³-hybridized carbons (Fsp3) is 0.600. The standard InChI is InChI=1S/C15H22O3/c1-14(2,17-4)10-15(3)9-12(16)11-7-5-6-8-13(11)18-15/h5-8,12,16H,9-10H2,1-4H3/t12-,15?/m0/s1. The summed E-state index contributed by atoms with van der Waals surface area (Å²) in [7, 11) is 1.70. The van der Waals surface area contributed by atoms with E-state index in [0.717, 1.165) is 17.7 Å².